The molecule has 0 bridgehead atoms. The van der Waals surface area contributed by atoms with Gasteiger partial charge in [-0.15, -0.1) is 0 Å². The van der Waals surface area contributed by atoms with Crippen LogP contribution in [0.15, 0.2) is 57.7 Å². The van der Waals surface area contributed by atoms with E-state index in [1.54, 1.807) is 49.6 Å². The molecule has 0 aliphatic carbocycles. The Hall–Kier alpha value is -2.83. The van der Waals surface area contributed by atoms with Crippen LogP contribution in [0, 0.1) is 0 Å². The number of hydrogen-bond acceptors (Lipinski definition) is 5. The number of carbonyl (C=O) groups is 1. The third kappa shape index (κ3) is 3.87. The van der Waals surface area contributed by atoms with Crippen molar-refractivity contribution in [1.29, 1.82) is 0 Å². The van der Waals surface area contributed by atoms with Gasteiger partial charge in [0, 0.05) is 13.2 Å². The van der Waals surface area contributed by atoms with E-state index in [-0.39, 0.29) is 17.8 Å². The van der Waals surface area contributed by atoms with Crippen molar-refractivity contribution in [2.45, 2.75) is 0 Å². The Bertz CT molecular complexity index is 999. The Morgan fingerprint density at radius 1 is 1.15 bits per heavy atom. The summed E-state index contributed by atoms with van der Waals surface area (Å²) in [5.74, 6) is -0.356. The van der Waals surface area contributed by atoms with Crippen molar-refractivity contribution < 1.29 is 18.7 Å². The van der Waals surface area contributed by atoms with Crippen LogP contribution in [0.25, 0.3) is 11.0 Å². The van der Waals surface area contributed by atoms with Gasteiger partial charge in [0.1, 0.15) is 12.2 Å². The SMILES string of the molecule is COCCOc1c(Cl)cccc1NC(=O)c1cc(=O)c2ccccc2o1. The van der Waals surface area contributed by atoms with Crippen LogP contribution in [0.3, 0.4) is 0 Å². The van der Waals surface area contributed by atoms with Crippen LogP contribution in [0.1, 0.15) is 10.6 Å². The molecule has 0 aliphatic rings. The maximum Gasteiger partial charge on any atom is 0.291 e. The molecule has 1 heterocycles. The van der Waals surface area contributed by atoms with Crippen LogP contribution < -0.4 is 15.5 Å². The van der Waals surface area contributed by atoms with Gasteiger partial charge in [-0.2, -0.15) is 0 Å². The number of methoxy groups -OCH3 is 1. The zero-order valence-electron chi connectivity index (χ0n) is 14.0. The monoisotopic (exact) mass is 373 g/mol. The lowest BCUT2D eigenvalue weighted by atomic mass is 10.2. The molecule has 0 atom stereocenters. The summed E-state index contributed by atoms with van der Waals surface area (Å²) in [6, 6.07) is 12.9. The number of ether oxygens (including phenoxy) is 2. The second-order valence-electron chi connectivity index (χ2n) is 5.38. The van der Waals surface area contributed by atoms with Crippen molar-refractivity contribution in [2.75, 3.05) is 25.6 Å². The molecular formula is C19H16ClNO5. The zero-order chi connectivity index (χ0) is 18.5. The molecule has 0 spiro atoms. The average molecular weight is 374 g/mol. The third-order valence-electron chi connectivity index (χ3n) is 3.61. The van der Waals surface area contributed by atoms with E-state index in [4.69, 9.17) is 25.5 Å². The van der Waals surface area contributed by atoms with Crippen molar-refractivity contribution in [3.8, 4) is 5.75 Å². The van der Waals surface area contributed by atoms with Crippen LogP contribution in [-0.4, -0.2) is 26.2 Å². The molecule has 0 aliphatic heterocycles. The quantitative estimate of drug-likeness (QED) is 0.666. The summed E-state index contributed by atoms with van der Waals surface area (Å²) in [4.78, 5) is 24.7. The lowest BCUT2D eigenvalue weighted by molar-refractivity contribution is 0.0996. The predicted octanol–water partition coefficient (Wildman–Crippen LogP) is 3.72. The number of anilines is 1. The number of fused-ring (bicyclic) bond motifs is 1. The highest BCUT2D eigenvalue weighted by molar-refractivity contribution is 6.32. The molecule has 1 aromatic heterocycles. The predicted molar refractivity (Wildman–Crippen MR) is 99.3 cm³/mol. The molecule has 0 fully saturated rings. The van der Waals surface area contributed by atoms with Crippen LogP contribution in [-0.2, 0) is 4.74 Å². The zero-order valence-corrected chi connectivity index (χ0v) is 14.7. The van der Waals surface area contributed by atoms with E-state index in [1.807, 2.05) is 0 Å². The van der Waals surface area contributed by atoms with Gasteiger partial charge in [0.25, 0.3) is 5.91 Å². The first-order valence-electron chi connectivity index (χ1n) is 7.84. The standard InChI is InChI=1S/C19H16ClNO5/c1-24-9-10-25-18-13(20)6-4-7-14(18)21-19(23)17-11-15(22)12-5-2-3-8-16(12)26-17/h2-8,11H,9-10H2,1H3,(H,21,23). The minimum atomic E-state index is -0.577. The number of nitrogens with one attached hydrogen (secondary N) is 1. The summed E-state index contributed by atoms with van der Waals surface area (Å²) < 4.78 is 16.1. The molecule has 0 saturated heterocycles. The van der Waals surface area contributed by atoms with E-state index in [0.29, 0.717) is 34.0 Å². The number of hydrogen-bond donors (Lipinski definition) is 1. The highest BCUT2D eigenvalue weighted by atomic mass is 35.5. The Kier molecular flexibility index (Phi) is 5.55. The molecule has 0 radical (unpaired) electrons. The first-order valence-corrected chi connectivity index (χ1v) is 8.22. The van der Waals surface area contributed by atoms with Crippen molar-refractivity contribution in [1.82, 2.24) is 0 Å². The van der Waals surface area contributed by atoms with Crippen molar-refractivity contribution in [3.05, 3.63) is 69.5 Å². The first kappa shape index (κ1) is 18.0. The molecule has 26 heavy (non-hydrogen) atoms. The molecule has 134 valence electrons. The summed E-state index contributed by atoms with van der Waals surface area (Å²) in [5.41, 5.74) is 0.418. The summed E-state index contributed by atoms with van der Waals surface area (Å²) in [6.07, 6.45) is 0. The van der Waals surface area contributed by atoms with Crippen molar-refractivity contribution in [3.63, 3.8) is 0 Å². The minimum absolute atomic E-state index is 0.100. The smallest absolute Gasteiger partial charge is 0.291 e. The van der Waals surface area contributed by atoms with Gasteiger partial charge in [-0.3, -0.25) is 9.59 Å². The van der Waals surface area contributed by atoms with E-state index in [1.165, 1.54) is 0 Å². The Balaban J connectivity index is 1.89. The number of halogens is 1. The lowest BCUT2D eigenvalue weighted by Gasteiger charge is -2.13. The molecule has 2 aromatic carbocycles. The molecule has 1 N–H and O–H groups in total. The van der Waals surface area contributed by atoms with Crippen molar-refractivity contribution in [2.24, 2.45) is 0 Å². The van der Waals surface area contributed by atoms with Gasteiger partial charge in [-0.25, -0.2) is 0 Å². The lowest BCUT2D eigenvalue weighted by Crippen LogP contribution is -2.16. The van der Waals surface area contributed by atoms with Crippen LogP contribution in [0.4, 0.5) is 5.69 Å². The summed E-state index contributed by atoms with van der Waals surface area (Å²) in [5, 5.41) is 3.42. The van der Waals surface area contributed by atoms with E-state index < -0.39 is 5.91 Å². The van der Waals surface area contributed by atoms with Gasteiger partial charge in [0.15, 0.2) is 16.9 Å². The molecule has 7 heteroatoms. The fourth-order valence-electron chi connectivity index (χ4n) is 2.38. The Labute approximate surface area is 154 Å². The molecule has 1 amide bonds. The second kappa shape index (κ2) is 8.03. The van der Waals surface area contributed by atoms with E-state index >= 15 is 0 Å². The number of amides is 1. The first-order chi connectivity index (χ1) is 12.6. The van der Waals surface area contributed by atoms with Gasteiger partial charge < -0.3 is 19.2 Å². The fourth-order valence-corrected chi connectivity index (χ4v) is 2.61. The van der Waals surface area contributed by atoms with Crippen LogP contribution >= 0.6 is 11.6 Å². The molecular weight excluding hydrogens is 358 g/mol. The van der Waals surface area contributed by atoms with Gasteiger partial charge in [0.2, 0.25) is 0 Å². The van der Waals surface area contributed by atoms with E-state index in [0.717, 1.165) is 6.07 Å². The number of carbonyl (C=O) groups excluding carboxylic acids is 1. The fraction of sp³-hybridized carbons (Fsp3) is 0.158. The molecule has 3 rings (SSSR count). The van der Waals surface area contributed by atoms with Crippen molar-refractivity contribution >= 4 is 34.2 Å². The number of benzene rings is 2. The maximum absolute atomic E-state index is 12.5. The molecule has 6 nitrogen and oxygen atoms in total. The number of para-hydroxylation sites is 2. The topological polar surface area (TPSA) is 77.8 Å². The van der Waals surface area contributed by atoms with Gasteiger partial charge >= 0.3 is 0 Å². The summed E-state index contributed by atoms with van der Waals surface area (Å²) >= 11 is 6.15. The third-order valence-corrected chi connectivity index (χ3v) is 3.91. The Morgan fingerprint density at radius 2 is 1.96 bits per heavy atom. The highest BCUT2D eigenvalue weighted by Gasteiger charge is 2.16. The molecule has 0 unspecified atom stereocenters. The van der Waals surface area contributed by atoms with Gasteiger partial charge in [0.05, 0.1) is 22.7 Å². The normalized spacial score (nSPS) is 10.7. The highest BCUT2D eigenvalue weighted by Crippen LogP contribution is 2.33. The number of rotatable bonds is 6. The van der Waals surface area contributed by atoms with Gasteiger partial charge in [-0.05, 0) is 24.3 Å². The van der Waals surface area contributed by atoms with Crippen LogP contribution in [0.5, 0.6) is 5.75 Å². The van der Waals surface area contributed by atoms with E-state index in [2.05, 4.69) is 5.32 Å². The largest absolute Gasteiger partial charge is 0.487 e. The van der Waals surface area contributed by atoms with E-state index in [9.17, 15) is 9.59 Å². The molecule has 3 aromatic rings. The van der Waals surface area contributed by atoms with Crippen LogP contribution in [0.2, 0.25) is 5.02 Å². The molecule has 0 saturated carbocycles. The second-order valence-corrected chi connectivity index (χ2v) is 5.79. The summed E-state index contributed by atoms with van der Waals surface area (Å²) in [6.45, 7) is 0.645. The summed E-state index contributed by atoms with van der Waals surface area (Å²) in [7, 11) is 1.56. The Morgan fingerprint density at radius 3 is 2.77 bits per heavy atom. The maximum atomic E-state index is 12.5. The average Bonchev–Trinajstić information content (AvgIpc) is 2.64. The van der Waals surface area contributed by atoms with Gasteiger partial charge in [-0.1, -0.05) is 29.8 Å². The minimum Gasteiger partial charge on any atom is -0.487 e.